The Morgan fingerprint density at radius 3 is 1.89 bits per heavy atom. The fourth-order valence-corrected chi connectivity index (χ4v) is 0.612. The van der Waals surface area contributed by atoms with Crippen molar-refractivity contribution in [2.75, 3.05) is 0 Å². The minimum absolute atomic E-state index is 1.06. The second-order valence-electron chi connectivity index (χ2n) is 2.37. The van der Waals surface area contributed by atoms with Gasteiger partial charge in [0.1, 0.15) is 0 Å². The summed E-state index contributed by atoms with van der Waals surface area (Å²) in [6, 6.07) is 0. The summed E-state index contributed by atoms with van der Waals surface area (Å²) in [5.74, 6) is 1.06. The van der Waals surface area contributed by atoms with Gasteiger partial charge in [-0.25, -0.2) is 4.79 Å². The van der Waals surface area contributed by atoms with Gasteiger partial charge in [0, 0.05) is 0 Å². The van der Waals surface area contributed by atoms with Gasteiger partial charge in [0.05, 0.1) is 0 Å². The molecule has 9 heavy (non-hydrogen) atoms. The first kappa shape index (κ1) is 8.27. The third kappa shape index (κ3) is 7.27. The number of primary amides is 1. The zero-order valence-corrected chi connectivity index (χ0v) is 5.63. The Kier molecular flexibility index (Phi) is 3.84. The Morgan fingerprint density at radius 2 is 1.89 bits per heavy atom. The minimum atomic E-state index is -1.33. The smallest absolute Gasteiger partial charge is 0.402 e. The normalized spacial score (nSPS) is 17.0. The molecule has 1 amide bonds. The van der Waals surface area contributed by atoms with Gasteiger partial charge in [-0.2, -0.15) is 0 Å². The van der Waals surface area contributed by atoms with Crippen LogP contribution in [0.3, 0.4) is 0 Å². The fraction of sp³-hybridized carbons (Fsp3) is 0.833. The molecule has 0 aromatic rings. The molecule has 1 aliphatic rings. The maximum absolute atomic E-state index is 8.78. The van der Waals surface area contributed by atoms with Crippen LogP contribution in [0.5, 0.6) is 0 Å². The maximum Gasteiger partial charge on any atom is 0.402 e. The number of carboxylic acid groups (broad SMARTS) is 1. The fourth-order valence-electron chi connectivity index (χ4n) is 0.612. The highest BCUT2D eigenvalue weighted by Crippen LogP contribution is 2.24. The van der Waals surface area contributed by atoms with Crippen LogP contribution in [-0.2, 0) is 0 Å². The quantitative estimate of drug-likeness (QED) is 0.522. The van der Waals surface area contributed by atoms with E-state index in [1.807, 2.05) is 0 Å². The Hall–Kier alpha value is -0.730. The summed E-state index contributed by atoms with van der Waals surface area (Å²) in [4.78, 5) is 8.78. The first-order chi connectivity index (χ1) is 4.13. The molecule has 3 N–H and O–H groups in total. The van der Waals surface area contributed by atoms with Crippen LogP contribution in [0, 0.1) is 5.92 Å². The topological polar surface area (TPSA) is 63.3 Å². The van der Waals surface area contributed by atoms with Crippen molar-refractivity contribution in [3.8, 4) is 0 Å². The zero-order chi connectivity index (χ0) is 7.28. The van der Waals surface area contributed by atoms with Crippen molar-refractivity contribution in [1.82, 2.24) is 0 Å². The molecular weight excluding hydrogens is 118 g/mol. The predicted molar refractivity (Wildman–Crippen MR) is 35.2 cm³/mol. The van der Waals surface area contributed by atoms with Crippen molar-refractivity contribution in [2.24, 2.45) is 11.7 Å². The van der Waals surface area contributed by atoms with Crippen LogP contribution in [0.4, 0.5) is 4.79 Å². The molecule has 1 saturated carbocycles. The summed E-state index contributed by atoms with van der Waals surface area (Å²) < 4.78 is 0. The van der Waals surface area contributed by atoms with E-state index in [4.69, 9.17) is 9.90 Å². The lowest BCUT2D eigenvalue weighted by atomic mass is 9.88. The summed E-state index contributed by atoms with van der Waals surface area (Å²) >= 11 is 0. The van der Waals surface area contributed by atoms with E-state index in [-0.39, 0.29) is 0 Å². The summed E-state index contributed by atoms with van der Waals surface area (Å²) in [6.07, 6.45) is 3.13. The molecule has 0 unspecified atom stereocenters. The van der Waals surface area contributed by atoms with E-state index in [1.54, 1.807) is 0 Å². The summed E-state index contributed by atoms with van der Waals surface area (Å²) in [7, 11) is 0. The first-order valence-corrected chi connectivity index (χ1v) is 3.11. The van der Waals surface area contributed by atoms with Crippen molar-refractivity contribution in [3.05, 3.63) is 0 Å². The lowest BCUT2D eigenvalue weighted by molar-refractivity contribution is 0.205. The third-order valence-electron chi connectivity index (χ3n) is 1.39. The zero-order valence-electron chi connectivity index (χ0n) is 5.63. The van der Waals surface area contributed by atoms with Crippen LogP contribution in [0.15, 0.2) is 0 Å². The van der Waals surface area contributed by atoms with Gasteiger partial charge < -0.3 is 10.8 Å². The van der Waals surface area contributed by atoms with Crippen LogP contribution in [-0.4, -0.2) is 11.2 Å². The molecule has 3 heteroatoms. The van der Waals surface area contributed by atoms with E-state index >= 15 is 0 Å². The van der Waals surface area contributed by atoms with Gasteiger partial charge in [0.15, 0.2) is 0 Å². The van der Waals surface area contributed by atoms with E-state index in [0.29, 0.717) is 0 Å². The Bertz CT molecular complexity index is 85.1. The Balaban J connectivity index is 0.000000148. The number of amides is 1. The molecular formula is C6H13NO2. The van der Waals surface area contributed by atoms with Crippen LogP contribution in [0.2, 0.25) is 0 Å². The second-order valence-corrected chi connectivity index (χ2v) is 2.37. The van der Waals surface area contributed by atoms with Crippen molar-refractivity contribution < 1.29 is 9.90 Å². The van der Waals surface area contributed by atoms with Crippen LogP contribution in [0.1, 0.15) is 26.2 Å². The molecule has 1 aliphatic carbocycles. The van der Waals surface area contributed by atoms with Gasteiger partial charge >= 0.3 is 6.09 Å². The molecule has 0 aromatic carbocycles. The summed E-state index contributed by atoms with van der Waals surface area (Å²) in [5, 5.41) is 7.19. The van der Waals surface area contributed by atoms with Crippen LogP contribution >= 0.6 is 0 Å². The van der Waals surface area contributed by atoms with Crippen molar-refractivity contribution >= 4 is 6.09 Å². The molecule has 1 rings (SSSR count). The van der Waals surface area contributed by atoms with E-state index in [1.165, 1.54) is 19.3 Å². The van der Waals surface area contributed by atoms with Crippen molar-refractivity contribution in [2.45, 2.75) is 26.2 Å². The number of hydrogen-bond donors (Lipinski definition) is 2. The van der Waals surface area contributed by atoms with E-state index in [2.05, 4.69) is 12.7 Å². The highest BCUT2D eigenvalue weighted by molar-refractivity contribution is 5.61. The minimum Gasteiger partial charge on any atom is -0.465 e. The number of rotatable bonds is 0. The first-order valence-electron chi connectivity index (χ1n) is 3.11. The summed E-state index contributed by atoms with van der Waals surface area (Å²) in [6.45, 7) is 2.31. The van der Waals surface area contributed by atoms with E-state index < -0.39 is 6.09 Å². The molecule has 3 nitrogen and oxygen atoms in total. The third-order valence-corrected chi connectivity index (χ3v) is 1.39. The molecule has 0 aromatic heterocycles. The van der Waals surface area contributed by atoms with Gasteiger partial charge in [-0.1, -0.05) is 26.2 Å². The molecule has 0 aliphatic heterocycles. The van der Waals surface area contributed by atoms with Crippen LogP contribution in [0.25, 0.3) is 0 Å². The van der Waals surface area contributed by atoms with Crippen molar-refractivity contribution in [1.29, 1.82) is 0 Å². The number of hydrogen-bond acceptors (Lipinski definition) is 1. The maximum atomic E-state index is 8.78. The molecule has 0 saturated heterocycles. The summed E-state index contributed by atoms with van der Waals surface area (Å²) in [5.41, 5.74) is 4.03. The average molecular weight is 131 g/mol. The highest BCUT2D eigenvalue weighted by atomic mass is 16.4. The monoisotopic (exact) mass is 131 g/mol. The molecule has 0 heterocycles. The van der Waals surface area contributed by atoms with E-state index in [9.17, 15) is 0 Å². The predicted octanol–water partition coefficient (Wildman–Crippen LogP) is 1.43. The lowest BCUT2D eigenvalue weighted by Crippen LogP contribution is -2.04. The van der Waals surface area contributed by atoms with Gasteiger partial charge in [0.25, 0.3) is 0 Å². The SMILES string of the molecule is CC1CCC1.NC(=O)O. The Labute approximate surface area is 54.9 Å². The number of nitrogens with two attached hydrogens (primary N) is 1. The lowest BCUT2D eigenvalue weighted by Gasteiger charge is -2.18. The average Bonchev–Trinajstić information content (AvgIpc) is 1.59. The van der Waals surface area contributed by atoms with Gasteiger partial charge in [-0.05, 0) is 5.92 Å². The molecule has 0 radical (unpaired) electrons. The molecule has 0 bridgehead atoms. The van der Waals surface area contributed by atoms with E-state index in [0.717, 1.165) is 5.92 Å². The molecule has 0 atom stereocenters. The molecule has 0 spiro atoms. The van der Waals surface area contributed by atoms with Gasteiger partial charge in [-0.3, -0.25) is 0 Å². The number of carbonyl (C=O) groups is 1. The second kappa shape index (κ2) is 4.18. The van der Waals surface area contributed by atoms with Gasteiger partial charge in [0.2, 0.25) is 0 Å². The largest absolute Gasteiger partial charge is 0.465 e. The van der Waals surface area contributed by atoms with Crippen LogP contribution < -0.4 is 5.73 Å². The highest BCUT2D eigenvalue weighted by Gasteiger charge is 2.09. The standard InChI is InChI=1S/C5H10.CH3NO2/c1-5-3-2-4-5;2-1(3)4/h5H,2-4H2,1H3;2H2,(H,3,4). The van der Waals surface area contributed by atoms with Gasteiger partial charge in [-0.15, -0.1) is 0 Å². The Morgan fingerprint density at radius 1 is 1.67 bits per heavy atom. The van der Waals surface area contributed by atoms with Crippen molar-refractivity contribution in [3.63, 3.8) is 0 Å². The molecule has 1 fully saturated rings. The molecule has 54 valence electrons.